The Hall–Kier alpha value is -6.63. The van der Waals surface area contributed by atoms with E-state index in [-0.39, 0.29) is 55.8 Å². The summed E-state index contributed by atoms with van der Waals surface area (Å²) in [4.78, 5) is 177. The summed E-state index contributed by atoms with van der Waals surface area (Å²) >= 11 is 0.951. The largest absolute Gasteiger partial charge is 0.370 e. The Kier molecular flexibility index (Phi) is 30.6. The Labute approximate surface area is 546 Å². The summed E-state index contributed by atoms with van der Waals surface area (Å²) in [6, 6.07) is -7.27. The van der Waals surface area contributed by atoms with Crippen molar-refractivity contribution in [2.45, 2.75) is 232 Å². The van der Waals surface area contributed by atoms with Crippen molar-refractivity contribution in [2.24, 2.45) is 35.5 Å². The lowest BCUT2D eigenvalue weighted by atomic mass is 9.92. The van der Waals surface area contributed by atoms with Crippen LogP contribution in [0.2, 0.25) is 0 Å². The second kappa shape index (κ2) is 35.4. The third-order valence-electron chi connectivity index (χ3n) is 17.2. The summed E-state index contributed by atoms with van der Waals surface area (Å²) in [6.07, 6.45) is 4.27. The number of carbonyl (C=O) groups is 11. The van der Waals surface area contributed by atoms with E-state index >= 15 is 28.8 Å². The Morgan fingerprint density at radius 2 is 0.967 bits per heavy atom. The van der Waals surface area contributed by atoms with Gasteiger partial charge in [0.1, 0.15) is 60.4 Å². The fourth-order valence-corrected chi connectivity index (χ4v) is 12.7. The van der Waals surface area contributed by atoms with Crippen LogP contribution in [0.5, 0.6) is 0 Å². The van der Waals surface area contributed by atoms with Crippen LogP contribution in [0.4, 0.5) is 0 Å². The first-order valence-electron chi connectivity index (χ1n) is 32.3. The average molecular weight is 1300 g/mol. The second-order valence-corrected chi connectivity index (χ2v) is 28.1. The number of fused-ring (bicyclic) bond motifs is 3. The summed E-state index contributed by atoms with van der Waals surface area (Å²) in [6.45, 7) is 28.4. The van der Waals surface area contributed by atoms with Gasteiger partial charge < -0.3 is 60.3 Å². The molecule has 0 radical (unpaired) electrons. The Bertz CT molecular complexity index is 2710. The number of aromatic nitrogens is 1. The van der Waals surface area contributed by atoms with Crippen molar-refractivity contribution in [1.82, 2.24) is 60.6 Å². The molecule has 2 aliphatic heterocycles. The van der Waals surface area contributed by atoms with E-state index in [9.17, 15) is 24.0 Å². The first-order chi connectivity index (χ1) is 42.4. The molecule has 1 aromatic rings. The van der Waals surface area contributed by atoms with E-state index < -0.39 is 155 Å². The number of nitrogens with zero attached hydrogens (tertiary/aromatic N) is 8. The number of carbonyl (C=O) groups excluding carboxylic acids is 11. The Balaban J connectivity index is 2.39. The van der Waals surface area contributed by atoms with E-state index in [1.807, 2.05) is 81.4 Å². The van der Waals surface area contributed by atoms with Crippen molar-refractivity contribution in [3.8, 4) is 0 Å². The molecule has 512 valence electrons. The minimum Gasteiger partial charge on any atom is -0.370 e. The summed E-state index contributed by atoms with van der Waals surface area (Å²) in [5.74, 6) is -8.89. The number of allylic oxidation sites excluding steroid dienone is 2. The van der Waals surface area contributed by atoms with Crippen LogP contribution < -0.4 is 21.3 Å². The third kappa shape index (κ3) is 20.7. The molecule has 3 rings (SSSR count). The van der Waals surface area contributed by atoms with E-state index in [2.05, 4.69) is 26.3 Å². The number of thioether (sulfide) groups is 1. The quantitative estimate of drug-likeness (QED) is 0.175. The van der Waals surface area contributed by atoms with Crippen LogP contribution in [0.3, 0.4) is 0 Å². The summed E-state index contributed by atoms with van der Waals surface area (Å²) in [5.41, 5.74) is 0. The van der Waals surface area contributed by atoms with Crippen molar-refractivity contribution < 1.29 is 57.5 Å². The van der Waals surface area contributed by atoms with Gasteiger partial charge in [-0.15, -0.1) is 0 Å². The number of hydrogen-bond acceptors (Lipinski definition) is 14. The van der Waals surface area contributed by atoms with Crippen LogP contribution in [-0.4, -0.2) is 232 Å². The fourth-order valence-electron chi connectivity index (χ4n) is 11.7. The van der Waals surface area contributed by atoms with Crippen LogP contribution in [-0.2, 0) is 57.5 Å². The molecule has 0 aromatic carbocycles. The van der Waals surface area contributed by atoms with Gasteiger partial charge in [0, 0.05) is 55.5 Å². The molecule has 0 spiro atoms. The van der Waals surface area contributed by atoms with Gasteiger partial charge in [-0.05, 0) is 114 Å². The zero-order chi connectivity index (χ0) is 69.4. The molecule has 91 heavy (non-hydrogen) atoms. The first kappa shape index (κ1) is 78.6. The van der Waals surface area contributed by atoms with Crippen molar-refractivity contribution in [3.63, 3.8) is 0 Å². The minimum absolute atomic E-state index is 0.0237. The van der Waals surface area contributed by atoms with Crippen LogP contribution in [0.15, 0.2) is 41.6 Å². The molecule has 0 saturated carbocycles. The number of nitrogens with one attached hydrogen (secondary N) is 4. The van der Waals surface area contributed by atoms with Crippen molar-refractivity contribution >= 4 is 76.7 Å². The van der Waals surface area contributed by atoms with Gasteiger partial charge >= 0.3 is 0 Å². The second-order valence-electron chi connectivity index (χ2n) is 27.0. The molecule has 1 aromatic heterocycles. The SMILES string of the molecule is C/C=C/C[C@@H](C)[C@H]1OC(C)[C@H]2C(=O)N(C)[C@@H]1C(=O)N[C@@H](CC)C(=O)N(C)[C@H](Sc1ccccn1)C(=O)N(C)[C@@H](CC(C)C)C(=O)N[C@@H](C(C)C)C(=O)N(C)[C@@H](CC(C)C)C(=O)N[C@@H](C)C(=O)N[C@H](C)C(=O)N(C)[C@@H](CC(C)C)C(=O)N(C)[C@@H](CC(C)C)C(=O)N2C. The van der Waals surface area contributed by atoms with Gasteiger partial charge in [-0.3, -0.25) is 52.7 Å². The van der Waals surface area contributed by atoms with Crippen molar-refractivity contribution in [1.29, 1.82) is 0 Å². The predicted octanol–water partition coefficient (Wildman–Crippen LogP) is 4.55. The summed E-state index contributed by atoms with van der Waals surface area (Å²) < 4.78 is 6.82. The number of pyridine rings is 1. The van der Waals surface area contributed by atoms with Gasteiger partial charge in [-0.1, -0.05) is 113 Å². The topological polar surface area (TPSA) is 281 Å². The van der Waals surface area contributed by atoms with Crippen molar-refractivity contribution in [3.05, 3.63) is 36.5 Å². The zero-order valence-electron chi connectivity index (χ0n) is 58.6. The molecule has 11 amide bonds. The normalized spacial score (nSPS) is 28.5. The molecule has 1 unspecified atom stereocenters. The highest BCUT2D eigenvalue weighted by atomic mass is 32.2. The van der Waals surface area contributed by atoms with E-state index in [0.29, 0.717) is 11.4 Å². The van der Waals surface area contributed by atoms with E-state index in [1.165, 1.54) is 104 Å². The zero-order valence-corrected chi connectivity index (χ0v) is 59.4. The molecule has 4 N–H and O–H groups in total. The lowest BCUT2D eigenvalue weighted by Crippen LogP contribution is -2.62. The van der Waals surface area contributed by atoms with Crippen LogP contribution in [0.1, 0.15) is 149 Å². The van der Waals surface area contributed by atoms with Gasteiger partial charge in [0.25, 0.3) is 5.91 Å². The minimum atomic E-state index is -1.39. The van der Waals surface area contributed by atoms with Gasteiger partial charge in [0.2, 0.25) is 59.1 Å². The number of hydrogen-bond donors (Lipinski definition) is 4. The molecule has 24 nitrogen and oxygen atoms in total. The molecule has 25 heteroatoms. The Morgan fingerprint density at radius 3 is 1.45 bits per heavy atom. The molecule has 2 saturated heterocycles. The third-order valence-corrected chi connectivity index (χ3v) is 18.4. The van der Waals surface area contributed by atoms with Gasteiger partial charge in [0.05, 0.1) is 17.2 Å². The summed E-state index contributed by atoms with van der Waals surface area (Å²) in [7, 11) is 10.1. The average Bonchev–Trinajstić information content (AvgIpc) is 1.74. The van der Waals surface area contributed by atoms with Gasteiger partial charge in [-0.25, -0.2) is 4.98 Å². The predicted molar refractivity (Wildman–Crippen MR) is 351 cm³/mol. The highest BCUT2D eigenvalue weighted by Gasteiger charge is 2.51. The standard InChI is InChI=1S/C66H110N12O12S/c1-24-26-29-41(13)54-53-58(82)70-45(25-2)60(84)78(23)66(91-50-30-27-28-31-67-50)65(89)73(18)47(33-37(5)6)57(81)71-51(40(11)12)63(87)72(17)46(32-36(3)4)56(80)68-42(14)55(79)69-43(15)59(83)74(19)48(34-38(7)8)61(85)75(20)49(35-39(9)10)62(86)76(21)52(44(16)90-54)64(88)77(53)22/h24,26-28,30-31,36-49,51-54,66H,25,29,32-35H2,1-23H3,(H,68,80)(H,69,79)(H,70,82)(H,71,81)/b26-24+/t41-,42+,43-,44?,45+,46+,47+,48+,49+,51+,52+,53+,54-,66-/m1/s1. The Morgan fingerprint density at radius 1 is 0.505 bits per heavy atom. The van der Waals surface area contributed by atoms with E-state index in [1.54, 1.807) is 45.9 Å². The first-order valence-corrected chi connectivity index (χ1v) is 33.2. The number of rotatable bonds is 15. The number of amides is 11. The smallest absolute Gasteiger partial charge is 0.256 e. The van der Waals surface area contributed by atoms with Crippen molar-refractivity contribution in [2.75, 3.05) is 49.3 Å². The van der Waals surface area contributed by atoms with Crippen LogP contribution in [0.25, 0.3) is 0 Å². The van der Waals surface area contributed by atoms with E-state index in [0.717, 1.165) is 11.8 Å². The summed E-state index contributed by atoms with van der Waals surface area (Å²) in [5, 5.41) is 10.2. The fraction of sp³-hybridized carbons (Fsp3) is 0.727. The molecule has 14 atom stereocenters. The number of ether oxygens (including phenoxy) is 1. The van der Waals surface area contributed by atoms with Gasteiger partial charge in [0.15, 0.2) is 5.37 Å². The lowest BCUT2D eigenvalue weighted by Gasteiger charge is -2.39. The lowest BCUT2D eigenvalue weighted by molar-refractivity contribution is -0.155. The maximum atomic E-state index is 15.3. The van der Waals surface area contributed by atoms with E-state index in [4.69, 9.17) is 4.74 Å². The van der Waals surface area contributed by atoms with Gasteiger partial charge in [-0.2, -0.15) is 0 Å². The maximum absolute atomic E-state index is 15.3. The molecule has 2 fully saturated rings. The molecule has 0 aliphatic carbocycles. The molecular formula is C66H110N12O12S. The monoisotopic (exact) mass is 1290 g/mol. The maximum Gasteiger partial charge on any atom is 0.256 e. The highest BCUT2D eigenvalue weighted by molar-refractivity contribution is 8.00. The number of likely N-dealkylation sites (N-methyl/N-ethyl adjacent to an activating group) is 7. The van der Waals surface area contributed by atoms with Crippen LogP contribution in [0, 0.1) is 35.5 Å². The molecular weight excluding hydrogens is 1180 g/mol. The molecule has 2 aliphatic rings. The van der Waals surface area contributed by atoms with Crippen LogP contribution >= 0.6 is 11.8 Å². The highest BCUT2D eigenvalue weighted by Crippen LogP contribution is 2.32. The molecule has 3 heterocycles. The molecule has 2 bridgehead atoms.